The van der Waals surface area contributed by atoms with Crippen molar-refractivity contribution < 1.29 is 5.11 Å². The van der Waals surface area contributed by atoms with Crippen LogP contribution in [0.1, 0.15) is 32.3 Å². The van der Waals surface area contributed by atoms with Gasteiger partial charge in [-0.25, -0.2) is 0 Å². The normalized spacial score (nSPS) is 21.8. The van der Waals surface area contributed by atoms with Gasteiger partial charge in [0, 0.05) is 31.4 Å². The van der Waals surface area contributed by atoms with Gasteiger partial charge >= 0.3 is 0 Å². The molecule has 2 unspecified atom stereocenters. The first-order valence-corrected chi connectivity index (χ1v) is 10.7. The Morgan fingerprint density at radius 1 is 1.35 bits per heavy atom. The van der Waals surface area contributed by atoms with Crippen molar-refractivity contribution in [3.05, 3.63) is 35.9 Å². The van der Waals surface area contributed by atoms with Crippen LogP contribution in [0.4, 0.5) is 0 Å². The Labute approximate surface area is 162 Å². The molecule has 5 nitrogen and oxygen atoms in total. The quantitative estimate of drug-likeness (QED) is 0.455. The van der Waals surface area contributed by atoms with E-state index >= 15 is 0 Å². The number of hydrogen-bond acceptors (Lipinski definition) is 4. The molecule has 2 rings (SSSR count). The molecule has 0 aliphatic carbocycles. The topological polar surface area (TPSA) is 59.9 Å². The molecule has 0 bridgehead atoms. The Morgan fingerprint density at radius 2 is 2.12 bits per heavy atom. The van der Waals surface area contributed by atoms with Gasteiger partial charge in [0.25, 0.3) is 0 Å². The van der Waals surface area contributed by atoms with Crippen molar-refractivity contribution in [2.24, 2.45) is 4.99 Å². The predicted molar refractivity (Wildman–Crippen MR) is 113 cm³/mol. The van der Waals surface area contributed by atoms with Crippen molar-refractivity contribution in [1.29, 1.82) is 0 Å². The summed E-state index contributed by atoms with van der Waals surface area (Å²) in [6.07, 6.45) is 1.87. The number of hydrogen-bond donors (Lipinski definition) is 3. The third-order valence-corrected chi connectivity index (χ3v) is 6.07. The van der Waals surface area contributed by atoms with Gasteiger partial charge in [0.15, 0.2) is 5.96 Å². The number of nitrogens with zero attached hydrogens (tertiary/aromatic N) is 2. The standard InChI is InChI=1S/C20H34N4OS/c1-4-21-19(23-15-20(25)11-13-26-16-20)22-12-10-17(2)24(3)14-18-8-6-5-7-9-18/h5-9,17,25H,4,10-16H2,1-3H3,(H2,21,22,23). The molecule has 0 spiro atoms. The molecular formula is C20H34N4OS. The first-order valence-electron chi connectivity index (χ1n) is 9.59. The fourth-order valence-corrected chi connectivity index (χ4v) is 4.22. The molecule has 3 N–H and O–H groups in total. The molecule has 26 heavy (non-hydrogen) atoms. The van der Waals surface area contributed by atoms with Crippen molar-refractivity contribution in [2.75, 3.05) is 38.2 Å². The highest BCUT2D eigenvalue weighted by atomic mass is 32.2. The lowest BCUT2D eigenvalue weighted by atomic mass is 10.1. The smallest absolute Gasteiger partial charge is 0.191 e. The van der Waals surface area contributed by atoms with Crippen LogP contribution in [-0.2, 0) is 6.54 Å². The van der Waals surface area contributed by atoms with E-state index in [1.54, 1.807) is 11.8 Å². The maximum absolute atomic E-state index is 10.4. The van der Waals surface area contributed by atoms with Crippen molar-refractivity contribution in [1.82, 2.24) is 15.5 Å². The van der Waals surface area contributed by atoms with E-state index in [-0.39, 0.29) is 0 Å². The van der Waals surface area contributed by atoms with Crippen LogP contribution in [0.2, 0.25) is 0 Å². The second-order valence-corrected chi connectivity index (χ2v) is 8.29. The van der Waals surface area contributed by atoms with Crippen molar-refractivity contribution in [2.45, 2.75) is 44.9 Å². The number of aliphatic hydroxyl groups is 1. The average molecular weight is 379 g/mol. The lowest BCUT2D eigenvalue weighted by molar-refractivity contribution is 0.0778. The molecule has 1 aromatic carbocycles. The van der Waals surface area contributed by atoms with E-state index in [2.05, 4.69) is 71.8 Å². The van der Waals surface area contributed by atoms with Crippen LogP contribution in [0.15, 0.2) is 35.3 Å². The largest absolute Gasteiger partial charge is 0.387 e. The van der Waals surface area contributed by atoms with E-state index in [0.29, 0.717) is 12.6 Å². The van der Waals surface area contributed by atoms with Crippen LogP contribution >= 0.6 is 11.8 Å². The zero-order valence-corrected chi connectivity index (χ0v) is 17.2. The third kappa shape index (κ3) is 7.17. The zero-order valence-electron chi connectivity index (χ0n) is 16.4. The molecule has 0 aromatic heterocycles. The van der Waals surface area contributed by atoms with E-state index in [9.17, 15) is 5.11 Å². The second kappa shape index (κ2) is 10.8. The highest BCUT2D eigenvalue weighted by molar-refractivity contribution is 7.99. The Hall–Kier alpha value is -1.24. The Balaban J connectivity index is 1.75. The third-order valence-electron chi connectivity index (χ3n) is 4.84. The number of guanidine groups is 1. The van der Waals surface area contributed by atoms with E-state index in [1.165, 1.54) is 5.56 Å². The SMILES string of the molecule is CCNC(=NCC1(O)CCSC1)NCCC(C)N(C)Cc1ccccc1. The van der Waals surface area contributed by atoms with Gasteiger partial charge in [-0.1, -0.05) is 30.3 Å². The summed E-state index contributed by atoms with van der Waals surface area (Å²) in [4.78, 5) is 6.97. The van der Waals surface area contributed by atoms with Gasteiger partial charge in [-0.3, -0.25) is 9.89 Å². The Kier molecular flexibility index (Phi) is 8.75. The van der Waals surface area contributed by atoms with Gasteiger partial charge in [-0.15, -0.1) is 0 Å². The van der Waals surface area contributed by atoms with Crippen LogP contribution in [-0.4, -0.2) is 65.8 Å². The first-order chi connectivity index (χ1) is 12.5. The summed E-state index contributed by atoms with van der Waals surface area (Å²) in [7, 11) is 2.17. The zero-order chi connectivity index (χ0) is 18.8. The van der Waals surface area contributed by atoms with E-state index in [0.717, 1.165) is 49.9 Å². The fraction of sp³-hybridized carbons (Fsp3) is 0.650. The Morgan fingerprint density at radius 3 is 2.77 bits per heavy atom. The van der Waals surface area contributed by atoms with Crippen molar-refractivity contribution in [3.63, 3.8) is 0 Å². The highest BCUT2D eigenvalue weighted by Gasteiger charge is 2.31. The maximum atomic E-state index is 10.4. The number of nitrogens with one attached hydrogen (secondary N) is 2. The predicted octanol–water partition coefficient (Wildman–Crippen LogP) is 2.32. The lowest BCUT2D eigenvalue weighted by Gasteiger charge is -2.25. The van der Waals surface area contributed by atoms with Crippen LogP contribution in [0, 0.1) is 0 Å². The van der Waals surface area contributed by atoms with Gasteiger partial charge in [-0.05, 0) is 45.1 Å². The van der Waals surface area contributed by atoms with Crippen LogP contribution in [0.3, 0.4) is 0 Å². The van der Waals surface area contributed by atoms with Gasteiger partial charge in [0.1, 0.15) is 0 Å². The Bertz CT molecular complexity index is 546. The van der Waals surface area contributed by atoms with Crippen LogP contribution < -0.4 is 10.6 Å². The summed E-state index contributed by atoms with van der Waals surface area (Å²) < 4.78 is 0. The number of rotatable bonds is 9. The number of benzene rings is 1. The molecule has 1 aliphatic rings. The van der Waals surface area contributed by atoms with Gasteiger partial charge in [0.05, 0.1) is 12.1 Å². The van der Waals surface area contributed by atoms with Crippen LogP contribution in [0.25, 0.3) is 0 Å². The first kappa shape index (κ1) is 21.1. The summed E-state index contributed by atoms with van der Waals surface area (Å²) in [6, 6.07) is 11.0. The minimum Gasteiger partial charge on any atom is -0.387 e. The molecule has 0 saturated carbocycles. The molecule has 2 atom stereocenters. The summed E-state index contributed by atoms with van der Waals surface area (Å²) in [6.45, 7) is 7.43. The number of aliphatic imine (C=N–C) groups is 1. The average Bonchev–Trinajstić information content (AvgIpc) is 3.07. The highest BCUT2D eigenvalue weighted by Crippen LogP contribution is 2.27. The molecule has 1 aliphatic heterocycles. The summed E-state index contributed by atoms with van der Waals surface area (Å²) >= 11 is 1.81. The molecule has 1 heterocycles. The molecule has 1 saturated heterocycles. The minimum absolute atomic E-state index is 0.471. The molecule has 0 radical (unpaired) electrons. The van der Waals surface area contributed by atoms with Crippen molar-refractivity contribution >= 4 is 17.7 Å². The lowest BCUT2D eigenvalue weighted by Crippen LogP contribution is -2.41. The second-order valence-electron chi connectivity index (χ2n) is 7.19. The molecule has 1 aromatic rings. The van der Waals surface area contributed by atoms with E-state index < -0.39 is 5.60 Å². The molecule has 1 fully saturated rings. The molecule has 146 valence electrons. The number of thioether (sulfide) groups is 1. The summed E-state index contributed by atoms with van der Waals surface area (Å²) in [5.41, 5.74) is 0.711. The minimum atomic E-state index is -0.629. The van der Waals surface area contributed by atoms with Crippen LogP contribution in [0.5, 0.6) is 0 Å². The fourth-order valence-electron chi connectivity index (χ4n) is 2.94. The van der Waals surface area contributed by atoms with Gasteiger partial charge in [0.2, 0.25) is 0 Å². The van der Waals surface area contributed by atoms with E-state index in [4.69, 9.17) is 0 Å². The summed E-state index contributed by atoms with van der Waals surface area (Å²) in [5, 5.41) is 17.1. The summed E-state index contributed by atoms with van der Waals surface area (Å²) in [5.74, 6) is 2.62. The molecule has 0 amide bonds. The van der Waals surface area contributed by atoms with E-state index in [1.807, 2.05) is 0 Å². The molecular weight excluding hydrogens is 344 g/mol. The molecule has 6 heteroatoms. The monoisotopic (exact) mass is 378 g/mol. The van der Waals surface area contributed by atoms with Gasteiger partial charge < -0.3 is 15.7 Å². The van der Waals surface area contributed by atoms with Gasteiger partial charge in [-0.2, -0.15) is 11.8 Å². The maximum Gasteiger partial charge on any atom is 0.191 e. The van der Waals surface area contributed by atoms with Crippen molar-refractivity contribution in [3.8, 4) is 0 Å².